The number of ether oxygens (including phenoxy) is 2. The summed E-state index contributed by atoms with van der Waals surface area (Å²) in [5.41, 5.74) is 3.17. The number of likely N-dealkylation sites (N-methyl/N-ethyl adjacent to an activating group) is 1. The lowest BCUT2D eigenvalue weighted by Gasteiger charge is -2.14. The van der Waals surface area contributed by atoms with Gasteiger partial charge < -0.3 is 14.8 Å². The molecule has 152 valence electrons. The maximum absolute atomic E-state index is 12.3. The van der Waals surface area contributed by atoms with E-state index in [4.69, 9.17) is 9.47 Å². The molecule has 0 radical (unpaired) electrons. The zero-order valence-corrected chi connectivity index (χ0v) is 18.2. The van der Waals surface area contributed by atoms with E-state index in [-0.39, 0.29) is 11.6 Å². The summed E-state index contributed by atoms with van der Waals surface area (Å²) in [5, 5.41) is 2.60. The van der Waals surface area contributed by atoms with Gasteiger partial charge in [0.1, 0.15) is 12.3 Å². The minimum Gasteiger partial charge on any atom is -0.490 e. The molecule has 0 unspecified atom stereocenters. The summed E-state index contributed by atoms with van der Waals surface area (Å²) >= 11 is 3.53. The highest BCUT2D eigenvalue weighted by atomic mass is 79.9. The molecule has 0 aromatic heterocycles. The Kier molecular flexibility index (Phi) is 6.59. The van der Waals surface area contributed by atoms with Gasteiger partial charge in [-0.3, -0.25) is 9.69 Å². The summed E-state index contributed by atoms with van der Waals surface area (Å²) in [4.78, 5) is 25.4. The Morgan fingerprint density at radius 3 is 2.52 bits per heavy atom. The van der Waals surface area contributed by atoms with Gasteiger partial charge in [0, 0.05) is 11.0 Å². The molecular formula is C22H23BrN2O4. The molecule has 0 aliphatic carbocycles. The second kappa shape index (κ2) is 9.13. The molecule has 2 aromatic carbocycles. The van der Waals surface area contributed by atoms with Crippen LogP contribution in [0.1, 0.15) is 30.5 Å². The van der Waals surface area contributed by atoms with E-state index < -0.39 is 6.03 Å². The van der Waals surface area contributed by atoms with E-state index in [1.807, 2.05) is 38.1 Å². The van der Waals surface area contributed by atoms with Crippen molar-refractivity contribution in [3.05, 3.63) is 63.3 Å². The molecule has 1 N–H and O–H groups in total. The molecule has 1 saturated heterocycles. The first-order chi connectivity index (χ1) is 13.9. The van der Waals surface area contributed by atoms with Crippen LogP contribution >= 0.6 is 15.9 Å². The van der Waals surface area contributed by atoms with Crippen LogP contribution in [0.5, 0.6) is 11.5 Å². The lowest BCUT2D eigenvalue weighted by Crippen LogP contribution is -2.30. The number of nitrogens with one attached hydrogen (secondary N) is 1. The predicted octanol–water partition coefficient (Wildman–Crippen LogP) is 4.65. The molecule has 0 saturated carbocycles. The van der Waals surface area contributed by atoms with Crippen LogP contribution in [0, 0.1) is 6.92 Å². The lowest BCUT2D eigenvalue weighted by atomic mass is 10.1. The lowest BCUT2D eigenvalue weighted by molar-refractivity contribution is -0.122. The van der Waals surface area contributed by atoms with Crippen molar-refractivity contribution in [1.82, 2.24) is 10.2 Å². The third-order valence-corrected chi connectivity index (χ3v) is 5.10. The number of rotatable bonds is 7. The average molecular weight is 459 g/mol. The molecule has 0 atom stereocenters. The van der Waals surface area contributed by atoms with E-state index in [2.05, 4.69) is 27.3 Å². The highest BCUT2D eigenvalue weighted by Gasteiger charge is 2.32. The maximum atomic E-state index is 12.3. The normalized spacial score (nSPS) is 15.0. The molecule has 1 aliphatic heterocycles. The molecule has 3 rings (SSSR count). The smallest absolute Gasteiger partial charge is 0.328 e. The highest BCUT2D eigenvalue weighted by Crippen LogP contribution is 2.35. The molecule has 7 heteroatoms. The third kappa shape index (κ3) is 4.79. The Hall–Kier alpha value is -2.80. The van der Waals surface area contributed by atoms with Gasteiger partial charge in [-0.1, -0.05) is 45.8 Å². The van der Waals surface area contributed by atoms with Crippen LogP contribution in [0.15, 0.2) is 46.6 Å². The fourth-order valence-electron chi connectivity index (χ4n) is 3.02. The molecular weight excluding hydrogens is 436 g/mol. The van der Waals surface area contributed by atoms with Crippen molar-refractivity contribution in [2.45, 2.75) is 27.4 Å². The predicted molar refractivity (Wildman–Crippen MR) is 115 cm³/mol. The minimum absolute atomic E-state index is 0.230. The molecule has 3 amide bonds. The zero-order chi connectivity index (χ0) is 21.0. The number of hydrogen-bond donors (Lipinski definition) is 1. The maximum Gasteiger partial charge on any atom is 0.328 e. The van der Waals surface area contributed by atoms with Gasteiger partial charge in [-0.2, -0.15) is 0 Å². The third-order valence-electron chi connectivity index (χ3n) is 4.42. The number of benzene rings is 2. The van der Waals surface area contributed by atoms with E-state index in [0.29, 0.717) is 36.8 Å². The Morgan fingerprint density at radius 2 is 1.86 bits per heavy atom. The van der Waals surface area contributed by atoms with Gasteiger partial charge in [0.15, 0.2) is 11.5 Å². The summed E-state index contributed by atoms with van der Waals surface area (Å²) < 4.78 is 12.5. The average Bonchev–Trinajstić information content (AvgIpc) is 2.95. The van der Waals surface area contributed by atoms with Crippen LogP contribution in [0.3, 0.4) is 0 Å². The van der Waals surface area contributed by atoms with Gasteiger partial charge in [0.25, 0.3) is 5.91 Å². The number of carbonyl (C=O) groups excluding carboxylic acids is 2. The number of aryl methyl sites for hydroxylation is 1. The summed E-state index contributed by atoms with van der Waals surface area (Å²) in [6.45, 7) is 6.89. The topological polar surface area (TPSA) is 67.9 Å². The Bertz CT molecular complexity index is 971. The summed E-state index contributed by atoms with van der Waals surface area (Å²) in [6, 6.07) is 11.3. The molecule has 2 aromatic rings. The summed E-state index contributed by atoms with van der Waals surface area (Å²) in [7, 11) is 0. The van der Waals surface area contributed by atoms with E-state index in [0.717, 1.165) is 14.9 Å². The number of imide groups is 1. The molecule has 0 bridgehead atoms. The number of urea groups is 1. The van der Waals surface area contributed by atoms with Gasteiger partial charge in [-0.05, 0) is 50.1 Å². The van der Waals surface area contributed by atoms with E-state index in [9.17, 15) is 9.59 Å². The molecule has 1 fully saturated rings. The molecule has 1 heterocycles. The summed E-state index contributed by atoms with van der Waals surface area (Å²) in [5.74, 6) is 0.820. The Balaban J connectivity index is 1.87. The van der Waals surface area contributed by atoms with Gasteiger partial charge in [0.2, 0.25) is 0 Å². The second-order valence-electron chi connectivity index (χ2n) is 6.57. The van der Waals surface area contributed by atoms with Crippen LogP contribution < -0.4 is 14.8 Å². The van der Waals surface area contributed by atoms with Crippen molar-refractivity contribution in [3.8, 4) is 11.5 Å². The number of carbonyl (C=O) groups is 2. The monoisotopic (exact) mass is 458 g/mol. The van der Waals surface area contributed by atoms with Crippen molar-refractivity contribution in [2.24, 2.45) is 0 Å². The molecule has 6 nitrogen and oxygen atoms in total. The standard InChI is InChI=1S/C22H23BrN2O4/c1-4-25-21(26)18(24-22(25)27)10-16-11-19(28-5-2)20(12-17(16)23)29-13-15-8-6-7-14(3)9-15/h6-12H,4-5,13H2,1-3H3,(H,24,27)/b18-10+. The largest absolute Gasteiger partial charge is 0.490 e. The second-order valence-corrected chi connectivity index (χ2v) is 7.42. The first-order valence-corrected chi connectivity index (χ1v) is 10.2. The van der Waals surface area contributed by atoms with Crippen LogP contribution in [-0.2, 0) is 11.4 Å². The quantitative estimate of drug-likeness (QED) is 0.484. The van der Waals surface area contributed by atoms with Crippen LogP contribution in [-0.4, -0.2) is 30.0 Å². The van der Waals surface area contributed by atoms with E-state index in [1.54, 1.807) is 19.1 Å². The number of amides is 3. The Morgan fingerprint density at radius 1 is 1.10 bits per heavy atom. The van der Waals surface area contributed by atoms with Crippen molar-refractivity contribution in [2.75, 3.05) is 13.2 Å². The number of hydrogen-bond acceptors (Lipinski definition) is 4. The van der Waals surface area contributed by atoms with Gasteiger partial charge >= 0.3 is 6.03 Å². The highest BCUT2D eigenvalue weighted by molar-refractivity contribution is 9.10. The SMILES string of the molecule is CCOc1cc(/C=C2/NC(=O)N(CC)C2=O)c(Br)cc1OCc1cccc(C)c1. The minimum atomic E-state index is -0.414. The Labute approximate surface area is 178 Å². The van der Waals surface area contributed by atoms with Gasteiger partial charge in [-0.15, -0.1) is 0 Å². The fourth-order valence-corrected chi connectivity index (χ4v) is 3.46. The molecule has 29 heavy (non-hydrogen) atoms. The number of nitrogens with zero attached hydrogens (tertiary/aromatic N) is 1. The van der Waals surface area contributed by atoms with Crippen LogP contribution in [0.4, 0.5) is 4.79 Å². The molecule has 0 spiro atoms. The van der Waals surface area contributed by atoms with Gasteiger partial charge in [-0.25, -0.2) is 4.79 Å². The first kappa shape index (κ1) is 20.9. The number of halogens is 1. The van der Waals surface area contributed by atoms with E-state index in [1.165, 1.54) is 5.56 Å². The van der Waals surface area contributed by atoms with Crippen molar-refractivity contribution in [3.63, 3.8) is 0 Å². The first-order valence-electron chi connectivity index (χ1n) is 9.42. The van der Waals surface area contributed by atoms with Crippen molar-refractivity contribution in [1.29, 1.82) is 0 Å². The molecule has 1 aliphatic rings. The van der Waals surface area contributed by atoms with Crippen molar-refractivity contribution >= 4 is 33.9 Å². The van der Waals surface area contributed by atoms with Gasteiger partial charge in [0.05, 0.1) is 6.61 Å². The van der Waals surface area contributed by atoms with Crippen LogP contribution in [0.25, 0.3) is 6.08 Å². The zero-order valence-electron chi connectivity index (χ0n) is 16.6. The van der Waals surface area contributed by atoms with E-state index >= 15 is 0 Å². The van der Waals surface area contributed by atoms with Crippen molar-refractivity contribution < 1.29 is 19.1 Å². The van der Waals surface area contributed by atoms with Crippen LogP contribution in [0.2, 0.25) is 0 Å². The fraction of sp³-hybridized carbons (Fsp3) is 0.273. The summed E-state index contributed by atoms with van der Waals surface area (Å²) in [6.07, 6.45) is 1.63.